The van der Waals surface area contributed by atoms with E-state index in [-0.39, 0.29) is 18.6 Å². The molecule has 3 atom stereocenters. The van der Waals surface area contributed by atoms with Gasteiger partial charge in [-0.1, -0.05) is 60.5 Å². The number of likely N-dealkylation sites (N-methyl/N-ethyl adjacent to an activating group) is 1. The highest BCUT2D eigenvalue weighted by molar-refractivity contribution is 5.94. The Labute approximate surface area is 282 Å². The Kier molecular flexibility index (Phi) is 12.4. The van der Waals surface area contributed by atoms with Crippen LogP contribution in [0.15, 0.2) is 78.9 Å². The van der Waals surface area contributed by atoms with Crippen LogP contribution in [0.2, 0.25) is 0 Å². The number of phenolic OH excluding ortho intramolecular Hbond substituents is 1. The van der Waals surface area contributed by atoms with Crippen molar-refractivity contribution in [3.05, 3.63) is 101 Å². The topological polar surface area (TPSA) is 134 Å². The molecule has 3 amide bonds. The minimum Gasteiger partial charge on any atom is -0.508 e. The van der Waals surface area contributed by atoms with Crippen molar-refractivity contribution in [2.24, 2.45) is 0 Å². The Morgan fingerprint density at radius 3 is 1.85 bits per heavy atom. The lowest BCUT2D eigenvalue weighted by Crippen LogP contribution is -2.54. The van der Waals surface area contributed by atoms with Crippen molar-refractivity contribution < 1.29 is 33.8 Å². The fraction of sp³-hybridized carbons (Fsp3) is 0.368. The molecule has 3 aromatic carbocycles. The first-order valence-corrected chi connectivity index (χ1v) is 15.6. The summed E-state index contributed by atoms with van der Waals surface area (Å²) in [6.07, 6.45) is 4.92. The highest BCUT2D eigenvalue weighted by Crippen LogP contribution is 2.24. The zero-order chi connectivity index (χ0) is 35.6. The van der Waals surface area contributed by atoms with Crippen LogP contribution in [0.3, 0.4) is 0 Å². The lowest BCUT2D eigenvalue weighted by Gasteiger charge is -2.33. The maximum Gasteiger partial charge on any atom is 0.408 e. The van der Waals surface area contributed by atoms with Crippen LogP contribution in [0.5, 0.6) is 5.75 Å². The van der Waals surface area contributed by atoms with Crippen molar-refractivity contribution in [3.8, 4) is 18.1 Å². The predicted octanol–water partition coefficient (Wildman–Crippen LogP) is 5.08. The number of terminal acetylenes is 1. The number of phenols is 1. The van der Waals surface area contributed by atoms with E-state index in [9.17, 15) is 24.3 Å². The first kappa shape index (κ1) is 37.2. The Balaban J connectivity index is 2.02. The number of rotatable bonds is 11. The molecule has 254 valence electrons. The van der Waals surface area contributed by atoms with Gasteiger partial charge in [-0.05, 0) is 82.5 Å². The number of carbonyl (C=O) groups is 4. The van der Waals surface area contributed by atoms with E-state index in [0.29, 0.717) is 16.7 Å². The molecule has 0 saturated carbocycles. The van der Waals surface area contributed by atoms with Gasteiger partial charge in [0.05, 0.1) is 0 Å². The monoisotopic (exact) mass is 655 g/mol. The molecule has 3 unspecified atom stereocenters. The summed E-state index contributed by atoms with van der Waals surface area (Å²) in [6.45, 7) is 10.3. The van der Waals surface area contributed by atoms with Gasteiger partial charge >= 0.3 is 12.1 Å². The Bertz CT molecular complexity index is 1600. The molecule has 0 saturated heterocycles. The lowest BCUT2D eigenvalue weighted by atomic mass is 9.99. The fourth-order valence-electron chi connectivity index (χ4n) is 4.87. The van der Waals surface area contributed by atoms with Crippen molar-refractivity contribution >= 4 is 23.9 Å². The maximum absolute atomic E-state index is 14.3. The minimum atomic E-state index is -1.24. The third kappa shape index (κ3) is 11.5. The van der Waals surface area contributed by atoms with E-state index in [0.717, 1.165) is 5.56 Å². The summed E-state index contributed by atoms with van der Waals surface area (Å²) in [5.74, 6) is 0.698. The number of alkyl carbamates (subject to hydrolysis) is 1. The first-order valence-electron chi connectivity index (χ1n) is 15.6. The summed E-state index contributed by atoms with van der Waals surface area (Å²) >= 11 is 0. The average Bonchev–Trinajstić information content (AvgIpc) is 3.00. The summed E-state index contributed by atoms with van der Waals surface area (Å²) in [5.41, 5.74) is 0.776. The summed E-state index contributed by atoms with van der Waals surface area (Å²) in [7, 11) is 1.45. The maximum atomic E-state index is 14.3. The van der Waals surface area contributed by atoms with Gasteiger partial charge in [0.1, 0.15) is 35.1 Å². The van der Waals surface area contributed by atoms with Gasteiger partial charge in [-0.25, -0.2) is 9.59 Å². The molecular weight excluding hydrogens is 610 g/mol. The molecule has 0 aliphatic heterocycles. The van der Waals surface area contributed by atoms with Crippen LogP contribution in [0.1, 0.15) is 69.8 Å². The number of hydrogen-bond donors (Lipinski definition) is 3. The highest BCUT2D eigenvalue weighted by atomic mass is 16.6. The molecule has 10 heteroatoms. The fourth-order valence-corrected chi connectivity index (χ4v) is 4.87. The third-order valence-corrected chi connectivity index (χ3v) is 7.03. The third-order valence-electron chi connectivity index (χ3n) is 7.03. The van der Waals surface area contributed by atoms with E-state index in [1.165, 1.54) is 24.1 Å². The minimum absolute atomic E-state index is 0.0294. The number of benzene rings is 3. The molecule has 0 heterocycles. The zero-order valence-corrected chi connectivity index (χ0v) is 28.6. The quantitative estimate of drug-likeness (QED) is 0.194. The van der Waals surface area contributed by atoms with Crippen molar-refractivity contribution in [2.45, 2.75) is 83.7 Å². The van der Waals surface area contributed by atoms with E-state index in [2.05, 4.69) is 16.6 Å². The van der Waals surface area contributed by atoms with Crippen LogP contribution in [0.25, 0.3) is 0 Å². The second-order valence-electron chi connectivity index (χ2n) is 13.5. The van der Waals surface area contributed by atoms with Crippen LogP contribution in [0, 0.1) is 12.3 Å². The van der Waals surface area contributed by atoms with Crippen LogP contribution in [-0.2, 0) is 36.7 Å². The molecule has 0 spiro atoms. The predicted molar refractivity (Wildman–Crippen MR) is 183 cm³/mol. The average molecular weight is 656 g/mol. The number of ether oxygens (including phenoxy) is 2. The number of esters is 1. The second-order valence-corrected chi connectivity index (χ2v) is 13.5. The Morgan fingerprint density at radius 2 is 1.31 bits per heavy atom. The zero-order valence-electron chi connectivity index (χ0n) is 28.6. The van der Waals surface area contributed by atoms with Crippen molar-refractivity contribution in [1.82, 2.24) is 15.5 Å². The van der Waals surface area contributed by atoms with Gasteiger partial charge in [0.25, 0.3) is 0 Å². The van der Waals surface area contributed by atoms with Crippen LogP contribution in [-0.4, -0.2) is 64.2 Å². The normalized spacial score (nSPS) is 13.2. The van der Waals surface area contributed by atoms with Crippen LogP contribution < -0.4 is 10.6 Å². The summed E-state index contributed by atoms with van der Waals surface area (Å²) < 4.78 is 11.1. The Hall–Kier alpha value is -5.30. The van der Waals surface area contributed by atoms with Gasteiger partial charge in [-0.3, -0.25) is 9.59 Å². The molecule has 0 radical (unpaired) electrons. The number of hydrogen-bond acceptors (Lipinski definition) is 7. The van der Waals surface area contributed by atoms with Crippen molar-refractivity contribution in [2.75, 3.05) is 7.05 Å². The van der Waals surface area contributed by atoms with Gasteiger partial charge in [-0.15, -0.1) is 6.42 Å². The molecule has 0 aliphatic rings. The van der Waals surface area contributed by atoms with Gasteiger partial charge in [-0.2, -0.15) is 0 Å². The number of aromatic hydroxyl groups is 1. The van der Waals surface area contributed by atoms with E-state index >= 15 is 0 Å². The van der Waals surface area contributed by atoms with E-state index in [1.807, 2.05) is 30.3 Å². The molecule has 0 aromatic heterocycles. The lowest BCUT2D eigenvalue weighted by molar-refractivity contribution is -0.159. The smallest absolute Gasteiger partial charge is 0.408 e. The van der Waals surface area contributed by atoms with E-state index < -0.39 is 53.2 Å². The molecule has 10 nitrogen and oxygen atoms in total. The molecular formula is C38H45N3O7. The van der Waals surface area contributed by atoms with E-state index in [4.69, 9.17) is 15.9 Å². The molecule has 3 N–H and O–H groups in total. The molecule has 48 heavy (non-hydrogen) atoms. The SMILES string of the molecule is C#Cc1ccc(C(C(=O)NC(Cc2ccccc2)C(=O)OC(C)(C)C)N(C)C(=O)C(Cc2ccc(O)cc2)NC(=O)OC(C)(C)C)cc1. The van der Waals surface area contributed by atoms with Crippen LogP contribution in [0.4, 0.5) is 4.79 Å². The van der Waals surface area contributed by atoms with Crippen molar-refractivity contribution in [1.29, 1.82) is 0 Å². The largest absolute Gasteiger partial charge is 0.508 e. The molecule has 3 aromatic rings. The summed E-state index contributed by atoms with van der Waals surface area (Å²) in [4.78, 5) is 56.0. The van der Waals surface area contributed by atoms with E-state index in [1.54, 1.807) is 77.9 Å². The van der Waals surface area contributed by atoms with Gasteiger partial charge in [0.15, 0.2) is 0 Å². The molecule has 3 rings (SSSR count). The van der Waals surface area contributed by atoms with Gasteiger partial charge in [0, 0.05) is 25.5 Å². The molecule has 0 fully saturated rings. The highest BCUT2D eigenvalue weighted by Gasteiger charge is 2.37. The summed E-state index contributed by atoms with van der Waals surface area (Å²) in [6, 6.07) is 18.5. The number of carbonyl (C=O) groups excluding carboxylic acids is 4. The Morgan fingerprint density at radius 1 is 0.771 bits per heavy atom. The van der Waals surface area contributed by atoms with Gasteiger partial charge in [0.2, 0.25) is 11.8 Å². The first-order chi connectivity index (χ1) is 22.5. The second kappa shape index (κ2) is 16.0. The summed E-state index contributed by atoms with van der Waals surface area (Å²) in [5, 5.41) is 15.3. The standard InChI is InChI=1S/C38H45N3O7/c1-9-25-15-19-28(20-16-25)32(33(43)39-31(35(45)47-37(2,3)4)24-26-13-11-10-12-14-26)41(8)34(44)30(40-36(46)48-38(5,6)7)23-27-17-21-29(42)22-18-27/h1,10-22,30-32,42H,23-24H2,2-8H3,(H,39,43)(H,40,46). The van der Waals surface area contributed by atoms with Crippen LogP contribution >= 0.6 is 0 Å². The molecule has 0 bridgehead atoms. The molecule has 0 aliphatic carbocycles. The number of nitrogens with zero attached hydrogens (tertiary/aromatic N) is 1. The number of amides is 3. The van der Waals surface area contributed by atoms with Crippen molar-refractivity contribution in [3.63, 3.8) is 0 Å². The number of nitrogens with one attached hydrogen (secondary N) is 2. The van der Waals surface area contributed by atoms with Gasteiger partial charge < -0.3 is 30.1 Å².